The van der Waals surface area contributed by atoms with E-state index in [1.165, 1.54) is 244 Å². The van der Waals surface area contributed by atoms with E-state index in [1.807, 2.05) is 6.20 Å². The van der Waals surface area contributed by atoms with Crippen molar-refractivity contribution in [3.63, 3.8) is 0 Å². The van der Waals surface area contributed by atoms with Gasteiger partial charge in [-0.05, 0) is 25.7 Å². The van der Waals surface area contributed by atoms with E-state index >= 15 is 0 Å². The molecule has 0 radical (unpaired) electrons. The number of nitrogens with zero attached hydrogens (tertiary/aromatic N) is 2. The number of carbonyl (C=O) groups excluding carboxylic acids is 1. The average Bonchev–Trinajstić information content (AvgIpc) is 3.58. The fourth-order valence-corrected chi connectivity index (χ4v) is 8.59. The Kier molecular flexibility index (Phi) is 37.1. The van der Waals surface area contributed by atoms with Gasteiger partial charge in [-0.2, -0.15) is 4.48 Å². The number of amidine groups is 1. The van der Waals surface area contributed by atoms with Crippen LogP contribution in [0.5, 0.6) is 0 Å². The summed E-state index contributed by atoms with van der Waals surface area (Å²) in [5, 5.41) is 0. The lowest BCUT2D eigenvalue weighted by Gasteiger charge is -2.30. The maximum absolute atomic E-state index is 14.0. The second-order valence-electron chi connectivity index (χ2n) is 17.4. The molecule has 3 nitrogen and oxygen atoms in total. The lowest BCUT2D eigenvalue weighted by molar-refractivity contribution is -0.708. The Hall–Kier alpha value is -0.960. The van der Waals surface area contributed by atoms with E-state index in [2.05, 4.69) is 27.0 Å². The summed E-state index contributed by atoms with van der Waals surface area (Å²) in [7, 11) is 0. The van der Waals surface area contributed by atoms with Gasteiger partial charge in [0.05, 0.1) is 19.2 Å². The molecule has 1 unspecified atom stereocenters. The van der Waals surface area contributed by atoms with Crippen molar-refractivity contribution >= 4 is 11.7 Å². The van der Waals surface area contributed by atoms with Crippen molar-refractivity contribution in [1.82, 2.24) is 0 Å². The summed E-state index contributed by atoms with van der Waals surface area (Å²) in [6.45, 7) is 7.83. The fourth-order valence-electron chi connectivity index (χ4n) is 8.59. The highest BCUT2D eigenvalue weighted by molar-refractivity contribution is 5.90. The maximum Gasteiger partial charge on any atom is 0.324 e. The predicted molar refractivity (Wildman–Crippen MR) is 238 cm³/mol. The molecule has 0 saturated heterocycles. The van der Waals surface area contributed by atoms with Gasteiger partial charge in [-0.25, -0.2) is 9.79 Å². The van der Waals surface area contributed by atoms with Crippen LogP contribution < -0.4 is 0 Å². The molecule has 0 spiro atoms. The zero-order valence-corrected chi connectivity index (χ0v) is 36.9. The summed E-state index contributed by atoms with van der Waals surface area (Å²) in [5.41, 5.74) is 0. The highest BCUT2D eigenvalue weighted by Gasteiger charge is 2.41. The third-order valence-electron chi connectivity index (χ3n) is 12.3. The van der Waals surface area contributed by atoms with Gasteiger partial charge in [0.1, 0.15) is 6.20 Å². The van der Waals surface area contributed by atoms with Crippen molar-refractivity contribution in [1.29, 1.82) is 0 Å². The largest absolute Gasteiger partial charge is 0.324 e. The molecule has 0 bridgehead atoms. The molecule has 0 aromatic heterocycles. The minimum atomic E-state index is 0.420. The van der Waals surface area contributed by atoms with Gasteiger partial charge in [0.15, 0.2) is 0 Å². The highest BCUT2D eigenvalue weighted by atomic mass is 16.2. The van der Waals surface area contributed by atoms with Gasteiger partial charge in [0, 0.05) is 6.42 Å². The Morgan fingerprint density at radius 2 is 0.679 bits per heavy atom. The first-order valence-corrected chi connectivity index (χ1v) is 24.9. The molecular formula is C50H97N2O+. The van der Waals surface area contributed by atoms with Crippen LogP contribution in [0.15, 0.2) is 17.4 Å². The molecule has 3 heteroatoms. The van der Waals surface area contributed by atoms with Gasteiger partial charge in [-0.3, -0.25) is 0 Å². The summed E-state index contributed by atoms with van der Waals surface area (Å²) >= 11 is 0. The van der Waals surface area contributed by atoms with E-state index in [9.17, 15) is 4.79 Å². The number of rotatable bonds is 43. The van der Waals surface area contributed by atoms with Crippen molar-refractivity contribution < 1.29 is 9.28 Å². The van der Waals surface area contributed by atoms with Crippen LogP contribution in [0.3, 0.4) is 0 Å². The SMILES string of the molecule is CCCCCCCCCCCCCCCCCCC1=NC=C[N+]1(CCCCCCCCCCCCCCCC)C(=O)CCCCCCCCCCCC. The Morgan fingerprint density at radius 3 is 1.02 bits per heavy atom. The van der Waals surface area contributed by atoms with Crippen LogP contribution in [0.2, 0.25) is 0 Å². The van der Waals surface area contributed by atoms with Gasteiger partial charge < -0.3 is 0 Å². The molecule has 0 N–H and O–H groups in total. The lowest BCUT2D eigenvalue weighted by atomic mass is 10.0. The zero-order valence-electron chi connectivity index (χ0n) is 36.9. The first kappa shape index (κ1) is 50.1. The van der Waals surface area contributed by atoms with E-state index in [0.717, 1.165) is 38.1 Å². The number of hydrogen-bond donors (Lipinski definition) is 0. The maximum atomic E-state index is 14.0. The number of carbonyl (C=O) groups is 1. The topological polar surface area (TPSA) is 29.4 Å². The fraction of sp³-hybridized carbons (Fsp3) is 0.920. The van der Waals surface area contributed by atoms with Crippen molar-refractivity contribution in [2.24, 2.45) is 4.99 Å². The minimum Gasteiger partial charge on any atom is -0.230 e. The summed E-state index contributed by atoms with van der Waals surface area (Å²) in [5.74, 6) is 1.57. The minimum absolute atomic E-state index is 0.420. The van der Waals surface area contributed by atoms with Gasteiger partial charge >= 0.3 is 5.91 Å². The molecule has 53 heavy (non-hydrogen) atoms. The molecule has 1 heterocycles. The molecule has 1 rings (SSSR count). The number of amides is 1. The number of hydrogen-bond acceptors (Lipinski definition) is 2. The monoisotopic (exact) mass is 742 g/mol. The van der Waals surface area contributed by atoms with Gasteiger partial charge in [0.2, 0.25) is 5.84 Å². The quantitative estimate of drug-likeness (QED) is 0.0452. The Labute approximate surface area is 334 Å². The predicted octanol–water partition coefficient (Wildman–Crippen LogP) is 17.7. The zero-order chi connectivity index (χ0) is 38.2. The van der Waals surface area contributed by atoms with Crippen molar-refractivity contribution in [2.75, 3.05) is 6.54 Å². The molecule has 0 fully saturated rings. The van der Waals surface area contributed by atoms with Gasteiger partial charge in [-0.15, -0.1) is 0 Å². The Balaban J connectivity index is 2.33. The van der Waals surface area contributed by atoms with Gasteiger partial charge in [-0.1, -0.05) is 252 Å². The van der Waals surface area contributed by atoms with Crippen LogP contribution in [-0.4, -0.2) is 22.8 Å². The second-order valence-corrected chi connectivity index (χ2v) is 17.4. The van der Waals surface area contributed by atoms with E-state index in [0.29, 0.717) is 10.4 Å². The van der Waals surface area contributed by atoms with Crippen molar-refractivity contribution in [2.45, 2.75) is 290 Å². The van der Waals surface area contributed by atoms with Crippen LogP contribution in [0.4, 0.5) is 0 Å². The highest BCUT2D eigenvalue weighted by Crippen LogP contribution is 2.27. The van der Waals surface area contributed by atoms with E-state index in [4.69, 9.17) is 4.99 Å². The molecule has 1 amide bonds. The lowest BCUT2D eigenvalue weighted by Crippen LogP contribution is -2.52. The molecule has 1 aliphatic heterocycles. The Bertz CT molecular complexity index is 833. The molecule has 0 saturated carbocycles. The molecule has 0 aromatic rings. The molecular weight excluding hydrogens is 645 g/mol. The third-order valence-corrected chi connectivity index (χ3v) is 12.3. The summed E-state index contributed by atoms with van der Waals surface area (Å²) in [6.07, 6.45) is 60.6. The second kappa shape index (κ2) is 39.3. The molecule has 0 aliphatic carbocycles. The average molecular weight is 742 g/mol. The number of unbranched alkanes of at least 4 members (excludes halogenated alkanes) is 37. The summed E-state index contributed by atoms with van der Waals surface area (Å²) < 4.78 is 0.453. The number of quaternary nitrogens is 1. The van der Waals surface area contributed by atoms with E-state index < -0.39 is 0 Å². The Morgan fingerprint density at radius 1 is 0.396 bits per heavy atom. The normalized spacial score (nSPS) is 15.5. The number of aliphatic imine (C=N–C) groups is 1. The van der Waals surface area contributed by atoms with E-state index in [1.54, 1.807) is 0 Å². The summed E-state index contributed by atoms with van der Waals surface area (Å²) in [6, 6.07) is 0. The van der Waals surface area contributed by atoms with Crippen LogP contribution in [0, 0.1) is 0 Å². The van der Waals surface area contributed by atoms with E-state index in [-0.39, 0.29) is 0 Å². The molecule has 1 aliphatic rings. The van der Waals surface area contributed by atoms with Crippen LogP contribution in [0.25, 0.3) is 0 Å². The first-order chi connectivity index (χ1) is 26.2. The first-order valence-electron chi connectivity index (χ1n) is 24.9. The molecule has 0 aromatic carbocycles. The van der Waals surface area contributed by atoms with Crippen LogP contribution in [0.1, 0.15) is 290 Å². The van der Waals surface area contributed by atoms with Crippen LogP contribution >= 0.6 is 0 Å². The van der Waals surface area contributed by atoms with Gasteiger partial charge in [0.25, 0.3) is 0 Å². The molecule has 1 atom stereocenters. The standard InChI is InChI=1S/C50H97N2O/c1-4-7-10-13-16-19-22-24-26-27-28-30-32-35-38-41-44-49-51-46-48-52(49,50(53)45-42-39-36-33-21-18-15-12-9-6-3)47-43-40-37-34-31-29-25-23-20-17-14-11-8-5-2/h46,48H,4-45,47H2,1-3H3/q+1. The third kappa shape index (κ3) is 29.0. The smallest absolute Gasteiger partial charge is 0.230 e. The van der Waals surface area contributed by atoms with Crippen molar-refractivity contribution in [3.8, 4) is 0 Å². The summed E-state index contributed by atoms with van der Waals surface area (Å²) in [4.78, 5) is 18.9. The van der Waals surface area contributed by atoms with Crippen molar-refractivity contribution in [3.05, 3.63) is 12.4 Å². The van der Waals surface area contributed by atoms with Crippen LogP contribution in [-0.2, 0) is 4.79 Å². The molecule has 312 valence electrons.